The third-order valence-corrected chi connectivity index (χ3v) is 5.13. The second-order valence-electron chi connectivity index (χ2n) is 5.85. The van der Waals surface area contributed by atoms with Gasteiger partial charge in [-0.2, -0.15) is 0 Å². The molecule has 0 heterocycles. The third-order valence-electron chi connectivity index (χ3n) is 3.73. The smallest absolute Gasteiger partial charge is 0.261 e. The summed E-state index contributed by atoms with van der Waals surface area (Å²) in [7, 11) is -3.72. The lowest BCUT2D eigenvalue weighted by Gasteiger charge is -2.09. The molecular weight excluding hydrogens is 367 g/mol. The van der Waals surface area contributed by atoms with E-state index in [1.54, 1.807) is 36.4 Å². The van der Waals surface area contributed by atoms with Crippen molar-refractivity contribution in [3.8, 4) is 0 Å². The van der Waals surface area contributed by atoms with Crippen molar-refractivity contribution in [2.45, 2.75) is 11.3 Å². The summed E-state index contributed by atoms with van der Waals surface area (Å²) in [6, 6.07) is 20.2. The highest BCUT2D eigenvalue weighted by molar-refractivity contribution is 7.92. The molecule has 0 unspecified atom stereocenters. The number of para-hydroxylation sites is 1. The number of carbonyl (C=O) groups excluding carboxylic acids is 1. The van der Waals surface area contributed by atoms with E-state index in [1.807, 2.05) is 0 Å². The Kier molecular flexibility index (Phi) is 5.52. The molecule has 7 heteroatoms. The number of rotatable bonds is 6. The van der Waals surface area contributed by atoms with Crippen LogP contribution in [0.2, 0.25) is 0 Å². The molecule has 3 aromatic carbocycles. The number of halogens is 1. The number of benzene rings is 3. The summed E-state index contributed by atoms with van der Waals surface area (Å²) < 4.78 is 40.4. The van der Waals surface area contributed by atoms with Crippen LogP contribution in [0.15, 0.2) is 83.8 Å². The van der Waals surface area contributed by atoms with E-state index >= 15 is 0 Å². The normalized spacial score (nSPS) is 11.0. The van der Waals surface area contributed by atoms with Crippen LogP contribution < -0.4 is 10.0 Å². The first kappa shape index (κ1) is 18.6. The van der Waals surface area contributed by atoms with Crippen LogP contribution in [0.5, 0.6) is 0 Å². The molecule has 1 amide bonds. The van der Waals surface area contributed by atoms with E-state index in [0.29, 0.717) is 16.9 Å². The second kappa shape index (κ2) is 8.01. The third kappa shape index (κ3) is 5.15. The van der Waals surface area contributed by atoms with Gasteiger partial charge in [-0.15, -0.1) is 0 Å². The highest BCUT2D eigenvalue weighted by Crippen LogP contribution is 2.18. The lowest BCUT2D eigenvalue weighted by atomic mass is 10.1. The van der Waals surface area contributed by atoms with Gasteiger partial charge in [0.15, 0.2) is 0 Å². The molecule has 138 valence electrons. The van der Waals surface area contributed by atoms with Gasteiger partial charge in [0.1, 0.15) is 5.82 Å². The largest absolute Gasteiger partial charge is 0.326 e. The predicted molar refractivity (Wildman–Crippen MR) is 102 cm³/mol. The molecule has 0 radical (unpaired) electrons. The first-order valence-corrected chi connectivity index (χ1v) is 9.63. The quantitative estimate of drug-likeness (QED) is 0.679. The Bertz CT molecular complexity index is 1040. The van der Waals surface area contributed by atoms with E-state index in [1.165, 1.54) is 42.5 Å². The monoisotopic (exact) mass is 384 g/mol. The van der Waals surface area contributed by atoms with Gasteiger partial charge in [-0.05, 0) is 54.1 Å². The zero-order valence-corrected chi connectivity index (χ0v) is 15.0. The Morgan fingerprint density at radius 3 is 2.22 bits per heavy atom. The number of anilines is 2. The SMILES string of the molecule is O=C(Cc1cccc(F)c1)Nc1ccc(S(=O)(=O)Nc2ccccc2)cc1. The fourth-order valence-corrected chi connectivity index (χ4v) is 3.53. The van der Waals surface area contributed by atoms with Crippen LogP contribution in [-0.4, -0.2) is 14.3 Å². The van der Waals surface area contributed by atoms with Gasteiger partial charge in [0, 0.05) is 11.4 Å². The number of amides is 1. The molecule has 0 aliphatic carbocycles. The van der Waals surface area contributed by atoms with Crippen LogP contribution in [-0.2, 0) is 21.2 Å². The first-order valence-electron chi connectivity index (χ1n) is 8.15. The summed E-state index contributed by atoms with van der Waals surface area (Å²) in [5.41, 5.74) is 1.47. The summed E-state index contributed by atoms with van der Waals surface area (Å²) in [5.74, 6) is -0.723. The van der Waals surface area contributed by atoms with E-state index in [2.05, 4.69) is 10.0 Å². The van der Waals surface area contributed by atoms with Gasteiger partial charge in [-0.1, -0.05) is 30.3 Å². The molecule has 0 spiro atoms. The standard InChI is InChI=1S/C20H17FN2O3S/c21-16-6-4-5-15(13-16)14-20(24)22-17-9-11-19(12-10-17)27(25,26)23-18-7-2-1-3-8-18/h1-13,23H,14H2,(H,22,24). The summed E-state index contributed by atoms with van der Waals surface area (Å²) in [6.07, 6.45) is 0.0212. The van der Waals surface area contributed by atoms with Crippen molar-refractivity contribution < 1.29 is 17.6 Å². The maximum Gasteiger partial charge on any atom is 0.261 e. The Morgan fingerprint density at radius 1 is 0.852 bits per heavy atom. The summed E-state index contributed by atoms with van der Waals surface area (Å²) in [6.45, 7) is 0. The van der Waals surface area contributed by atoms with E-state index in [0.717, 1.165) is 0 Å². The number of hydrogen-bond donors (Lipinski definition) is 2. The maximum absolute atomic E-state index is 13.2. The van der Waals surface area contributed by atoms with E-state index in [9.17, 15) is 17.6 Å². The van der Waals surface area contributed by atoms with Gasteiger partial charge in [-0.3, -0.25) is 9.52 Å². The topological polar surface area (TPSA) is 75.3 Å². The van der Waals surface area contributed by atoms with Gasteiger partial charge in [0.25, 0.3) is 10.0 Å². The molecule has 0 aliphatic rings. The van der Waals surface area contributed by atoms with Gasteiger partial charge in [0.2, 0.25) is 5.91 Å². The highest BCUT2D eigenvalue weighted by atomic mass is 32.2. The molecule has 0 aliphatic heterocycles. The van der Waals surface area contributed by atoms with Crippen LogP contribution in [0, 0.1) is 5.82 Å². The molecule has 0 fully saturated rings. The fourth-order valence-electron chi connectivity index (χ4n) is 2.48. The first-order chi connectivity index (χ1) is 12.9. The van der Waals surface area contributed by atoms with Crippen molar-refractivity contribution in [3.05, 3.63) is 90.2 Å². The van der Waals surface area contributed by atoms with Crippen LogP contribution in [0.3, 0.4) is 0 Å². The van der Waals surface area contributed by atoms with Gasteiger partial charge >= 0.3 is 0 Å². The van der Waals surface area contributed by atoms with Gasteiger partial charge in [0.05, 0.1) is 11.3 Å². The molecule has 5 nitrogen and oxygen atoms in total. The summed E-state index contributed by atoms with van der Waals surface area (Å²) >= 11 is 0. The maximum atomic E-state index is 13.2. The van der Waals surface area contributed by atoms with Crippen molar-refractivity contribution in [2.24, 2.45) is 0 Å². The van der Waals surface area contributed by atoms with Crippen LogP contribution in [0.25, 0.3) is 0 Å². The van der Waals surface area contributed by atoms with Crippen LogP contribution in [0.4, 0.5) is 15.8 Å². The predicted octanol–water partition coefficient (Wildman–Crippen LogP) is 3.81. The molecule has 2 N–H and O–H groups in total. The minimum Gasteiger partial charge on any atom is -0.326 e. The lowest BCUT2D eigenvalue weighted by Crippen LogP contribution is -2.15. The zero-order valence-electron chi connectivity index (χ0n) is 14.2. The van der Waals surface area contributed by atoms with E-state index in [4.69, 9.17) is 0 Å². The minimum absolute atomic E-state index is 0.0212. The number of nitrogens with one attached hydrogen (secondary N) is 2. The highest BCUT2D eigenvalue weighted by Gasteiger charge is 2.14. The van der Waals surface area contributed by atoms with Crippen molar-refractivity contribution >= 4 is 27.3 Å². The number of sulfonamides is 1. The molecule has 3 rings (SSSR count). The minimum atomic E-state index is -3.72. The molecular formula is C20H17FN2O3S. The van der Waals surface area contributed by atoms with Crippen molar-refractivity contribution in [2.75, 3.05) is 10.0 Å². The molecule has 0 aromatic heterocycles. The Morgan fingerprint density at radius 2 is 1.56 bits per heavy atom. The summed E-state index contributed by atoms with van der Waals surface area (Å²) in [4.78, 5) is 12.1. The number of hydrogen-bond acceptors (Lipinski definition) is 3. The average molecular weight is 384 g/mol. The van der Waals surface area contributed by atoms with E-state index < -0.39 is 15.8 Å². The van der Waals surface area contributed by atoms with Crippen molar-refractivity contribution in [1.82, 2.24) is 0 Å². The van der Waals surface area contributed by atoms with Crippen molar-refractivity contribution in [3.63, 3.8) is 0 Å². The number of carbonyl (C=O) groups is 1. The van der Waals surface area contributed by atoms with Crippen molar-refractivity contribution in [1.29, 1.82) is 0 Å². The average Bonchev–Trinajstić information content (AvgIpc) is 2.62. The Hall–Kier alpha value is -3.19. The molecule has 0 bridgehead atoms. The van der Waals surface area contributed by atoms with Crippen LogP contribution >= 0.6 is 0 Å². The zero-order chi connectivity index (χ0) is 19.3. The Balaban J connectivity index is 1.65. The second-order valence-corrected chi connectivity index (χ2v) is 7.53. The lowest BCUT2D eigenvalue weighted by molar-refractivity contribution is -0.115. The molecule has 0 saturated heterocycles. The molecule has 0 atom stereocenters. The molecule has 3 aromatic rings. The van der Waals surface area contributed by atoms with Gasteiger partial charge < -0.3 is 5.32 Å². The fraction of sp³-hybridized carbons (Fsp3) is 0.0500. The van der Waals surface area contributed by atoms with Gasteiger partial charge in [-0.25, -0.2) is 12.8 Å². The molecule has 0 saturated carbocycles. The molecule has 27 heavy (non-hydrogen) atoms. The Labute approximate surface area is 156 Å². The van der Waals surface area contributed by atoms with E-state index in [-0.39, 0.29) is 17.2 Å². The summed E-state index contributed by atoms with van der Waals surface area (Å²) in [5, 5.41) is 2.66. The van der Waals surface area contributed by atoms with Crippen LogP contribution in [0.1, 0.15) is 5.56 Å².